The molecule has 0 atom stereocenters. The standard InChI is InChI=1S/C16H26N2O2/c1-11(2)18(5)15(19)10-20-16-12(3)8-14(6-7-17)9-13(16)4/h8-9,11H,6-7,10,17H2,1-5H3. The zero-order valence-corrected chi connectivity index (χ0v) is 13.2. The molecule has 0 bridgehead atoms. The Kier molecular flexibility index (Phi) is 6.02. The first-order valence-corrected chi connectivity index (χ1v) is 7.05. The van der Waals surface area contributed by atoms with E-state index >= 15 is 0 Å². The number of hydrogen-bond acceptors (Lipinski definition) is 3. The first-order chi connectivity index (χ1) is 9.36. The molecular weight excluding hydrogens is 252 g/mol. The SMILES string of the molecule is Cc1cc(CCN)cc(C)c1OCC(=O)N(C)C(C)C. The van der Waals surface area contributed by atoms with Crippen LogP contribution < -0.4 is 10.5 Å². The highest BCUT2D eigenvalue weighted by Gasteiger charge is 2.14. The molecule has 0 spiro atoms. The fourth-order valence-electron chi connectivity index (χ4n) is 2.10. The van der Waals surface area contributed by atoms with Crippen LogP contribution in [0.4, 0.5) is 0 Å². The number of hydrogen-bond donors (Lipinski definition) is 1. The van der Waals surface area contributed by atoms with Gasteiger partial charge in [0.15, 0.2) is 6.61 Å². The molecule has 0 fully saturated rings. The van der Waals surface area contributed by atoms with Gasteiger partial charge in [0.1, 0.15) is 5.75 Å². The summed E-state index contributed by atoms with van der Waals surface area (Å²) in [4.78, 5) is 13.6. The maximum Gasteiger partial charge on any atom is 0.260 e. The summed E-state index contributed by atoms with van der Waals surface area (Å²) in [5.41, 5.74) is 8.89. The lowest BCUT2D eigenvalue weighted by atomic mass is 10.0. The molecule has 0 aliphatic rings. The third-order valence-corrected chi connectivity index (χ3v) is 3.46. The average Bonchev–Trinajstić information content (AvgIpc) is 2.36. The molecule has 1 aromatic carbocycles. The van der Waals surface area contributed by atoms with Gasteiger partial charge in [-0.05, 0) is 57.4 Å². The summed E-state index contributed by atoms with van der Waals surface area (Å²) in [6, 6.07) is 4.33. The van der Waals surface area contributed by atoms with E-state index in [1.165, 1.54) is 5.56 Å². The Hall–Kier alpha value is -1.55. The predicted octanol–water partition coefficient (Wildman–Crippen LogP) is 2.05. The maximum absolute atomic E-state index is 11.9. The fraction of sp³-hybridized carbons (Fsp3) is 0.562. The van der Waals surface area contributed by atoms with Crippen molar-refractivity contribution >= 4 is 5.91 Å². The summed E-state index contributed by atoms with van der Waals surface area (Å²) in [6.45, 7) is 8.67. The summed E-state index contributed by atoms with van der Waals surface area (Å²) < 4.78 is 5.71. The molecule has 0 aliphatic carbocycles. The fourth-order valence-corrected chi connectivity index (χ4v) is 2.10. The van der Waals surface area contributed by atoms with Crippen LogP contribution in [0.25, 0.3) is 0 Å². The van der Waals surface area contributed by atoms with Gasteiger partial charge in [-0.1, -0.05) is 12.1 Å². The molecule has 4 heteroatoms. The Morgan fingerprint density at radius 3 is 2.30 bits per heavy atom. The van der Waals surface area contributed by atoms with Gasteiger partial charge < -0.3 is 15.4 Å². The summed E-state index contributed by atoms with van der Waals surface area (Å²) in [5.74, 6) is 0.793. The minimum absolute atomic E-state index is 0.00941. The van der Waals surface area contributed by atoms with Gasteiger partial charge in [-0.2, -0.15) is 0 Å². The van der Waals surface area contributed by atoms with Crippen LogP contribution in [0.2, 0.25) is 0 Å². The van der Waals surface area contributed by atoms with Gasteiger partial charge in [-0.25, -0.2) is 0 Å². The highest BCUT2D eigenvalue weighted by Crippen LogP contribution is 2.25. The number of carbonyl (C=O) groups excluding carboxylic acids is 1. The first-order valence-electron chi connectivity index (χ1n) is 7.05. The molecule has 0 unspecified atom stereocenters. The van der Waals surface area contributed by atoms with E-state index in [1.807, 2.05) is 27.7 Å². The van der Waals surface area contributed by atoms with E-state index in [1.54, 1.807) is 11.9 Å². The van der Waals surface area contributed by atoms with Crippen molar-refractivity contribution in [1.82, 2.24) is 4.90 Å². The number of nitrogens with two attached hydrogens (primary N) is 1. The molecule has 0 heterocycles. The van der Waals surface area contributed by atoms with Gasteiger partial charge in [-0.3, -0.25) is 4.79 Å². The lowest BCUT2D eigenvalue weighted by Gasteiger charge is -2.22. The van der Waals surface area contributed by atoms with Gasteiger partial charge in [-0.15, -0.1) is 0 Å². The van der Waals surface area contributed by atoms with E-state index in [-0.39, 0.29) is 18.6 Å². The number of nitrogens with zero attached hydrogens (tertiary/aromatic N) is 1. The molecule has 0 aromatic heterocycles. The van der Waals surface area contributed by atoms with E-state index in [0.717, 1.165) is 23.3 Å². The van der Waals surface area contributed by atoms with Crippen LogP contribution in [-0.2, 0) is 11.2 Å². The first kappa shape index (κ1) is 16.5. The van der Waals surface area contributed by atoms with Gasteiger partial charge >= 0.3 is 0 Å². The molecule has 1 rings (SSSR count). The van der Waals surface area contributed by atoms with Crippen LogP contribution in [0.5, 0.6) is 5.75 Å². The van der Waals surface area contributed by atoms with E-state index in [4.69, 9.17) is 10.5 Å². The molecule has 0 saturated heterocycles. The van der Waals surface area contributed by atoms with Crippen molar-refractivity contribution in [2.75, 3.05) is 20.2 Å². The minimum Gasteiger partial charge on any atom is -0.483 e. The Balaban J connectivity index is 2.76. The Morgan fingerprint density at radius 2 is 1.85 bits per heavy atom. The number of ether oxygens (including phenoxy) is 1. The molecule has 1 amide bonds. The van der Waals surface area contributed by atoms with E-state index in [9.17, 15) is 4.79 Å². The Labute approximate surface area is 121 Å². The largest absolute Gasteiger partial charge is 0.483 e. The molecular formula is C16H26N2O2. The van der Waals surface area contributed by atoms with Crippen LogP contribution in [-0.4, -0.2) is 37.0 Å². The van der Waals surface area contributed by atoms with Crippen molar-refractivity contribution in [2.24, 2.45) is 5.73 Å². The quantitative estimate of drug-likeness (QED) is 0.866. The van der Waals surface area contributed by atoms with Crippen molar-refractivity contribution < 1.29 is 9.53 Å². The lowest BCUT2D eigenvalue weighted by molar-refractivity contribution is -0.133. The van der Waals surface area contributed by atoms with Gasteiger partial charge in [0.25, 0.3) is 5.91 Å². The molecule has 0 aliphatic heterocycles. The molecule has 112 valence electrons. The minimum atomic E-state index is -0.00941. The second-order valence-corrected chi connectivity index (χ2v) is 5.48. The molecule has 20 heavy (non-hydrogen) atoms. The van der Waals surface area contributed by atoms with Crippen molar-refractivity contribution in [2.45, 2.75) is 40.2 Å². The highest BCUT2D eigenvalue weighted by atomic mass is 16.5. The number of aryl methyl sites for hydroxylation is 2. The monoisotopic (exact) mass is 278 g/mol. The van der Waals surface area contributed by atoms with Crippen LogP contribution in [0.1, 0.15) is 30.5 Å². The Bertz CT molecular complexity index is 447. The molecule has 0 saturated carbocycles. The number of rotatable bonds is 6. The lowest BCUT2D eigenvalue weighted by Crippen LogP contribution is -2.36. The maximum atomic E-state index is 11.9. The van der Waals surface area contributed by atoms with E-state index in [0.29, 0.717) is 6.54 Å². The summed E-state index contributed by atoms with van der Waals surface area (Å²) >= 11 is 0. The third-order valence-electron chi connectivity index (χ3n) is 3.46. The van der Waals surface area contributed by atoms with Crippen molar-refractivity contribution in [3.8, 4) is 5.75 Å². The van der Waals surface area contributed by atoms with Crippen LogP contribution in [0.15, 0.2) is 12.1 Å². The predicted molar refractivity (Wildman–Crippen MR) is 82.1 cm³/mol. The third kappa shape index (κ3) is 4.23. The average molecular weight is 278 g/mol. The summed E-state index contributed by atoms with van der Waals surface area (Å²) in [7, 11) is 1.79. The smallest absolute Gasteiger partial charge is 0.260 e. The van der Waals surface area contributed by atoms with Gasteiger partial charge in [0, 0.05) is 13.1 Å². The number of benzene rings is 1. The van der Waals surface area contributed by atoms with Crippen molar-refractivity contribution in [3.05, 3.63) is 28.8 Å². The molecule has 0 radical (unpaired) electrons. The number of carbonyl (C=O) groups is 1. The van der Waals surface area contributed by atoms with Crippen LogP contribution in [0.3, 0.4) is 0 Å². The second kappa shape index (κ2) is 7.29. The molecule has 2 N–H and O–H groups in total. The summed E-state index contributed by atoms with van der Waals surface area (Å²) in [5, 5.41) is 0. The second-order valence-electron chi connectivity index (χ2n) is 5.48. The van der Waals surface area contributed by atoms with Crippen LogP contribution >= 0.6 is 0 Å². The van der Waals surface area contributed by atoms with E-state index in [2.05, 4.69) is 12.1 Å². The van der Waals surface area contributed by atoms with E-state index < -0.39 is 0 Å². The zero-order chi connectivity index (χ0) is 15.3. The number of amides is 1. The van der Waals surface area contributed by atoms with Crippen LogP contribution in [0, 0.1) is 13.8 Å². The normalized spacial score (nSPS) is 10.8. The zero-order valence-electron chi connectivity index (χ0n) is 13.2. The molecule has 4 nitrogen and oxygen atoms in total. The topological polar surface area (TPSA) is 55.6 Å². The summed E-state index contributed by atoms with van der Waals surface area (Å²) in [6.07, 6.45) is 0.858. The van der Waals surface area contributed by atoms with Gasteiger partial charge in [0.05, 0.1) is 0 Å². The van der Waals surface area contributed by atoms with Gasteiger partial charge in [0.2, 0.25) is 0 Å². The highest BCUT2D eigenvalue weighted by molar-refractivity contribution is 5.77. The molecule has 1 aromatic rings. The number of likely N-dealkylation sites (N-methyl/N-ethyl adjacent to an activating group) is 1. The van der Waals surface area contributed by atoms with Crippen molar-refractivity contribution in [1.29, 1.82) is 0 Å². The van der Waals surface area contributed by atoms with Crippen molar-refractivity contribution in [3.63, 3.8) is 0 Å². The Morgan fingerprint density at radius 1 is 1.30 bits per heavy atom.